The molecular formula is C18H19N3O3. The maximum Gasteiger partial charge on any atom is 0.313 e. The number of benzene rings is 2. The van der Waals surface area contributed by atoms with Gasteiger partial charge in [-0.1, -0.05) is 24.3 Å². The van der Waals surface area contributed by atoms with Gasteiger partial charge in [-0.05, 0) is 42.3 Å². The zero-order valence-corrected chi connectivity index (χ0v) is 13.6. The van der Waals surface area contributed by atoms with Gasteiger partial charge in [-0.15, -0.1) is 0 Å². The van der Waals surface area contributed by atoms with Crippen molar-refractivity contribution in [1.82, 2.24) is 5.32 Å². The topological polar surface area (TPSA) is 87.3 Å². The van der Waals surface area contributed by atoms with E-state index in [1.165, 1.54) is 6.92 Å². The van der Waals surface area contributed by atoms with Gasteiger partial charge in [-0.3, -0.25) is 14.4 Å². The average Bonchev–Trinajstić information content (AvgIpc) is 2.55. The van der Waals surface area contributed by atoms with Crippen molar-refractivity contribution in [3.63, 3.8) is 0 Å². The molecule has 24 heavy (non-hydrogen) atoms. The van der Waals surface area contributed by atoms with Crippen LogP contribution in [-0.2, 0) is 20.9 Å². The van der Waals surface area contributed by atoms with Crippen molar-refractivity contribution in [2.24, 2.45) is 0 Å². The van der Waals surface area contributed by atoms with Crippen LogP contribution in [0.2, 0.25) is 0 Å². The second kappa shape index (κ2) is 7.92. The molecule has 0 spiro atoms. The van der Waals surface area contributed by atoms with Crippen molar-refractivity contribution in [2.75, 3.05) is 10.6 Å². The van der Waals surface area contributed by atoms with Crippen molar-refractivity contribution in [3.05, 3.63) is 59.7 Å². The lowest BCUT2D eigenvalue weighted by Gasteiger charge is -2.09. The van der Waals surface area contributed by atoms with Gasteiger partial charge in [0.1, 0.15) is 0 Å². The van der Waals surface area contributed by atoms with Crippen molar-refractivity contribution >= 4 is 29.1 Å². The van der Waals surface area contributed by atoms with E-state index in [1.807, 2.05) is 31.2 Å². The highest BCUT2D eigenvalue weighted by molar-refractivity contribution is 6.39. The molecule has 3 N–H and O–H groups in total. The summed E-state index contributed by atoms with van der Waals surface area (Å²) < 4.78 is 0. The third-order valence-corrected chi connectivity index (χ3v) is 3.37. The van der Waals surface area contributed by atoms with Gasteiger partial charge in [-0.25, -0.2) is 0 Å². The van der Waals surface area contributed by atoms with Gasteiger partial charge in [0, 0.05) is 24.8 Å². The number of nitrogens with one attached hydrogen (secondary N) is 3. The first-order valence-corrected chi connectivity index (χ1v) is 7.47. The third-order valence-electron chi connectivity index (χ3n) is 3.37. The van der Waals surface area contributed by atoms with E-state index in [2.05, 4.69) is 16.0 Å². The number of amides is 3. The van der Waals surface area contributed by atoms with Crippen LogP contribution in [0, 0.1) is 6.92 Å². The molecule has 124 valence electrons. The summed E-state index contributed by atoms with van der Waals surface area (Å²) in [5.41, 5.74) is 3.09. The predicted molar refractivity (Wildman–Crippen MR) is 92.4 cm³/mol. The van der Waals surface area contributed by atoms with E-state index >= 15 is 0 Å². The fourth-order valence-corrected chi connectivity index (χ4v) is 2.09. The van der Waals surface area contributed by atoms with Crippen LogP contribution in [0.5, 0.6) is 0 Å². The molecule has 0 unspecified atom stereocenters. The second-order valence-corrected chi connectivity index (χ2v) is 5.32. The highest BCUT2D eigenvalue weighted by Gasteiger charge is 2.13. The molecule has 6 nitrogen and oxygen atoms in total. The van der Waals surface area contributed by atoms with Crippen LogP contribution in [0.1, 0.15) is 18.1 Å². The Balaban J connectivity index is 1.88. The third kappa shape index (κ3) is 4.95. The SMILES string of the molecule is CC(=O)Nc1ccc(NC(=O)C(=O)NCc2ccccc2C)cc1. The van der Waals surface area contributed by atoms with Gasteiger partial charge in [0.15, 0.2) is 0 Å². The van der Waals surface area contributed by atoms with Gasteiger partial charge < -0.3 is 16.0 Å². The summed E-state index contributed by atoms with van der Waals surface area (Å²) in [6, 6.07) is 14.1. The van der Waals surface area contributed by atoms with Gasteiger partial charge in [0.25, 0.3) is 0 Å². The summed E-state index contributed by atoms with van der Waals surface area (Å²) in [7, 11) is 0. The monoisotopic (exact) mass is 325 g/mol. The molecule has 2 aromatic carbocycles. The van der Waals surface area contributed by atoms with Gasteiger partial charge in [-0.2, -0.15) is 0 Å². The Kier molecular flexibility index (Phi) is 5.68. The molecule has 0 fully saturated rings. The van der Waals surface area contributed by atoms with Crippen molar-refractivity contribution in [2.45, 2.75) is 20.4 Å². The predicted octanol–water partition coefficient (Wildman–Crippen LogP) is 2.21. The molecule has 0 radical (unpaired) electrons. The zero-order valence-electron chi connectivity index (χ0n) is 13.6. The van der Waals surface area contributed by atoms with E-state index in [4.69, 9.17) is 0 Å². The van der Waals surface area contributed by atoms with Crippen LogP contribution >= 0.6 is 0 Å². The summed E-state index contributed by atoms with van der Waals surface area (Å²) in [6.07, 6.45) is 0. The van der Waals surface area contributed by atoms with Crippen LogP contribution in [0.3, 0.4) is 0 Å². The summed E-state index contributed by atoms with van der Waals surface area (Å²) >= 11 is 0. The highest BCUT2D eigenvalue weighted by atomic mass is 16.2. The van der Waals surface area contributed by atoms with Crippen LogP contribution in [0.4, 0.5) is 11.4 Å². The zero-order chi connectivity index (χ0) is 17.5. The van der Waals surface area contributed by atoms with Gasteiger partial charge in [0.2, 0.25) is 5.91 Å². The average molecular weight is 325 g/mol. The summed E-state index contributed by atoms with van der Waals surface area (Å²) in [5, 5.41) is 7.72. The van der Waals surface area contributed by atoms with Crippen molar-refractivity contribution < 1.29 is 14.4 Å². The first kappa shape index (κ1) is 17.2. The van der Waals surface area contributed by atoms with E-state index in [-0.39, 0.29) is 5.91 Å². The maximum absolute atomic E-state index is 11.9. The molecular weight excluding hydrogens is 306 g/mol. The molecule has 6 heteroatoms. The fourth-order valence-electron chi connectivity index (χ4n) is 2.09. The normalized spacial score (nSPS) is 9.92. The lowest BCUT2D eigenvalue weighted by molar-refractivity contribution is -0.136. The largest absolute Gasteiger partial charge is 0.344 e. The Morgan fingerprint density at radius 1 is 0.833 bits per heavy atom. The van der Waals surface area contributed by atoms with E-state index in [1.54, 1.807) is 24.3 Å². The molecule has 0 aliphatic heterocycles. The number of hydrogen-bond acceptors (Lipinski definition) is 3. The van der Waals surface area contributed by atoms with E-state index in [0.717, 1.165) is 11.1 Å². The van der Waals surface area contributed by atoms with Crippen molar-refractivity contribution in [3.8, 4) is 0 Å². The molecule has 0 aromatic heterocycles. The number of aryl methyl sites for hydroxylation is 1. The number of hydrogen-bond donors (Lipinski definition) is 3. The Morgan fingerprint density at radius 2 is 1.42 bits per heavy atom. The van der Waals surface area contributed by atoms with Gasteiger partial charge >= 0.3 is 11.8 Å². The Hall–Kier alpha value is -3.15. The first-order valence-electron chi connectivity index (χ1n) is 7.47. The number of anilines is 2. The second-order valence-electron chi connectivity index (χ2n) is 5.32. The smallest absolute Gasteiger partial charge is 0.313 e. The molecule has 0 saturated heterocycles. The van der Waals surface area contributed by atoms with Crippen molar-refractivity contribution in [1.29, 1.82) is 0 Å². The minimum Gasteiger partial charge on any atom is -0.344 e. The molecule has 2 aromatic rings. The summed E-state index contributed by atoms with van der Waals surface area (Å²) in [6.45, 7) is 3.65. The fraction of sp³-hybridized carbons (Fsp3) is 0.167. The van der Waals surface area contributed by atoms with E-state index in [0.29, 0.717) is 17.9 Å². The molecule has 0 heterocycles. The minimum absolute atomic E-state index is 0.178. The minimum atomic E-state index is -0.740. The standard InChI is InChI=1S/C18H19N3O3/c1-12-5-3-4-6-14(12)11-19-17(23)18(24)21-16-9-7-15(8-10-16)20-13(2)22/h3-10H,11H2,1-2H3,(H,19,23)(H,20,22)(H,21,24). The number of carbonyl (C=O) groups is 3. The molecule has 0 aliphatic rings. The van der Waals surface area contributed by atoms with Crippen LogP contribution in [0.25, 0.3) is 0 Å². The molecule has 0 bridgehead atoms. The van der Waals surface area contributed by atoms with Gasteiger partial charge in [0.05, 0.1) is 0 Å². The first-order chi connectivity index (χ1) is 11.5. The van der Waals surface area contributed by atoms with Crippen LogP contribution < -0.4 is 16.0 Å². The lowest BCUT2D eigenvalue weighted by Crippen LogP contribution is -2.35. The Morgan fingerprint density at radius 3 is 2.00 bits per heavy atom. The van der Waals surface area contributed by atoms with Crippen LogP contribution in [0.15, 0.2) is 48.5 Å². The number of carbonyl (C=O) groups excluding carboxylic acids is 3. The molecule has 0 atom stereocenters. The number of rotatable bonds is 4. The molecule has 3 amide bonds. The maximum atomic E-state index is 11.9. The quantitative estimate of drug-likeness (QED) is 0.753. The Labute approximate surface area is 140 Å². The highest BCUT2D eigenvalue weighted by Crippen LogP contribution is 2.13. The molecule has 0 saturated carbocycles. The lowest BCUT2D eigenvalue weighted by atomic mass is 10.1. The molecule has 0 aliphatic carbocycles. The Bertz CT molecular complexity index is 754. The summed E-state index contributed by atoms with van der Waals surface area (Å²) in [5.74, 6) is -1.62. The van der Waals surface area contributed by atoms with Crippen LogP contribution in [-0.4, -0.2) is 17.7 Å². The molecule has 2 rings (SSSR count). The van der Waals surface area contributed by atoms with E-state index < -0.39 is 11.8 Å². The van der Waals surface area contributed by atoms with E-state index in [9.17, 15) is 14.4 Å². The summed E-state index contributed by atoms with van der Waals surface area (Å²) in [4.78, 5) is 34.7.